The smallest absolute Gasteiger partial charge is 0.326 e. The first-order valence-electron chi connectivity index (χ1n) is 13.2. The Morgan fingerprint density at radius 1 is 1.20 bits per heavy atom. The molecule has 41 heavy (non-hydrogen) atoms. The van der Waals surface area contributed by atoms with Gasteiger partial charge in [-0.25, -0.2) is 10.9 Å². The minimum absolute atomic E-state index is 0.0244. The van der Waals surface area contributed by atoms with Crippen LogP contribution in [0.4, 0.5) is 23.1 Å². The summed E-state index contributed by atoms with van der Waals surface area (Å²) in [5.41, 5.74) is 1.57. The zero-order chi connectivity index (χ0) is 29.4. The van der Waals surface area contributed by atoms with Crippen LogP contribution in [0.3, 0.4) is 0 Å². The molecule has 0 bridgehead atoms. The van der Waals surface area contributed by atoms with Crippen LogP contribution in [0.25, 0.3) is 0 Å². The number of benzene rings is 1. The van der Waals surface area contributed by atoms with E-state index in [2.05, 4.69) is 46.6 Å². The number of nitriles is 1. The molecule has 1 unspecified atom stereocenters. The van der Waals surface area contributed by atoms with Gasteiger partial charge in [0, 0.05) is 50.2 Å². The molecule has 1 amide bonds. The van der Waals surface area contributed by atoms with Gasteiger partial charge in [0.25, 0.3) is 5.91 Å². The molecule has 1 atom stereocenters. The lowest BCUT2D eigenvalue weighted by Gasteiger charge is -2.32. The fourth-order valence-corrected chi connectivity index (χ4v) is 5.11. The summed E-state index contributed by atoms with van der Waals surface area (Å²) in [5.74, 6) is 2.78. The maximum Gasteiger partial charge on any atom is 0.326 e. The number of rotatable bonds is 11. The van der Waals surface area contributed by atoms with Crippen molar-refractivity contribution >= 4 is 43.1 Å². The van der Waals surface area contributed by atoms with Crippen molar-refractivity contribution in [3.63, 3.8) is 0 Å². The van der Waals surface area contributed by atoms with Crippen molar-refractivity contribution in [2.45, 2.75) is 38.2 Å². The van der Waals surface area contributed by atoms with Gasteiger partial charge in [-0.05, 0) is 55.9 Å². The van der Waals surface area contributed by atoms with Gasteiger partial charge in [0.15, 0.2) is 0 Å². The third kappa shape index (κ3) is 7.98. The van der Waals surface area contributed by atoms with Gasteiger partial charge in [0.1, 0.15) is 23.8 Å². The van der Waals surface area contributed by atoms with E-state index in [0.29, 0.717) is 49.9 Å². The number of phosphoric acid groups is 1. The van der Waals surface area contributed by atoms with Crippen LogP contribution < -0.4 is 31.2 Å². The number of aliphatic hydroxyl groups excluding tert-OH is 1. The van der Waals surface area contributed by atoms with E-state index in [0.717, 1.165) is 37.8 Å². The third-order valence-electron chi connectivity index (χ3n) is 7.14. The van der Waals surface area contributed by atoms with Crippen molar-refractivity contribution in [1.82, 2.24) is 15.3 Å². The number of aromatic nitrogens is 2. The van der Waals surface area contributed by atoms with E-state index in [1.54, 1.807) is 0 Å². The summed E-state index contributed by atoms with van der Waals surface area (Å²) in [5, 5.41) is 32.3. The van der Waals surface area contributed by atoms with Crippen LogP contribution in [0.5, 0.6) is 0 Å². The number of nitrogens with zero attached hydrogens (tertiary/aromatic N) is 5. The van der Waals surface area contributed by atoms with Crippen molar-refractivity contribution in [3.8, 4) is 6.07 Å². The Morgan fingerprint density at radius 3 is 2.46 bits per heavy atom. The van der Waals surface area contributed by atoms with E-state index < -0.39 is 20.5 Å². The van der Waals surface area contributed by atoms with Crippen LogP contribution in [0, 0.1) is 22.7 Å². The van der Waals surface area contributed by atoms with Crippen molar-refractivity contribution in [2.24, 2.45) is 5.92 Å². The van der Waals surface area contributed by atoms with Crippen LogP contribution in [0.2, 0.25) is 0 Å². The Labute approximate surface area is 237 Å². The lowest BCUT2D eigenvalue weighted by molar-refractivity contribution is -0.652. The summed E-state index contributed by atoms with van der Waals surface area (Å²) in [7, 11) is -4.68. The molecule has 0 aliphatic carbocycles. The highest BCUT2D eigenvalue weighted by Crippen LogP contribution is 2.34. The molecule has 7 N–H and O–H groups in total. The molecular weight excluding hydrogens is 553 g/mol. The molecular formula is C25H34N9O6P. The molecule has 220 valence electrons. The largest absolute Gasteiger partial charge is 0.752 e. The van der Waals surface area contributed by atoms with Crippen molar-refractivity contribution in [2.75, 3.05) is 48.0 Å². The highest BCUT2D eigenvalue weighted by Gasteiger charge is 2.26. The third-order valence-corrected chi connectivity index (χ3v) is 7.90. The maximum absolute atomic E-state index is 13.2. The first kappa shape index (κ1) is 30.3. The van der Waals surface area contributed by atoms with E-state index in [1.807, 2.05) is 29.2 Å². The molecule has 3 heterocycles. The zero-order valence-corrected chi connectivity index (χ0v) is 23.4. The Hall–Kier alpha value is -3.64. The average Bonchev–Trinajstić information content (AvgIpc) is 2.98. The van der Waals surface area contributed by atoms with Gasteiger partial charge in [-0.3, -0.25) is 13.9 Å². The molecule has 1 aromatic heterocycles. The number of quaternary nitrogens is 1. The van der Waals surface area contributed by atoms with Gasteiger partial charge in [0.2, 0.25) is 5.95 Å². The maximum atomic E-state index is 13.2. The zero-order valence-electron chi connectivity index (χ0n) is 22.5. The van der Waals surface area contributed by atoms with Gasteiger partial charge >= 0.3 is 7.82 Å². The molecule has 1 aromatic carbocycles. The molecule has 16 heteroatoms. The normalized spacial score (nSPS) is 17.9. The molecule has 2 aliphatic heterocycles. The highest BCUT2D eigenvalue weighted by atomic mass is 31.2. The lowest BCUT2D eigenvalue weighted by Crippen LogP contribution is -2.49. The molecule has 2 fully saturated rings. The van der Waals surface area contributed by atoms with Crippen LogP contribution in [0.15, 0.2) is 24.3 Å². The predicted molar refractivity (Wildman–Crippen MR) is 147 cm³/mol. The number of anilines is 4. The first-order valence-corrected chi connectivity index (χ1v) is 14.7. The number of hydrogen-bond donors (Lipinski definition) is 5. The van der Waals surface area contributed by atoms with Crippen LogP contribution in [-0.4, -0.2) is 66.2 Å². The quantitative estimate of drug-likeness (QED) is 0.106. The Kier molecular flexibility index (Phi) is 10.2. The predicted octanol–water partition coefficient (Wildman–Crippen LogP) is 0.655. The van der Waals surface area contributed by atoms with Gasteiger partial charge in [-0.2, -0.15) is 10.2 Å². The van der Waals surface area contributed by atoms with Crippen LogP contribution >= 0.6 is 7.82 Å². The summed E-state index contributed by atoms with van der Waals surface area (Å²) < 4.78 is 20.0. The monoisotopic (exact) mass is 587 g/mol. The van der Waals surface area contributed by atoms with Crippen LogP contribution in [-0.2, 0) is 13.7 Å². The average molecular weight is 588 g/mol. The SMILES string of the molecule is N#CCC1CCN(c2nc(C=N)c(C(=O)NCOP(=O)([O-])O[NH3+])c(Nc3ccc(N4CCC(O)CC4)cc3)n2)CC1. The summed E-state index contributed by atoms with van der Waals surface area (Å²) in [4.78, 5) is 37.8. The molecule has 15 nitrogen and oxygen atoms in total. The topological polar surface area (TPSA) is 227 Å². The molecule has 2 aliphatic rings. The number of phosphoric ester groups is 1. The Morgan fingerprint density at radius 2 is 1.85 bits per heavy atom. The van der Waals surface area contributed by atoms with E-state index in [1.165, 1.54) is 0 Å². The van der Waals surface area contributed by atoms with Gasteiger partial charge in [0.05, 0.1) is 12.2 Å². The Balaban J connectivity index is 1.60. The van der Waals surface area contributed by atoms with Gasteiger partial charge in [-0.1, -0.05) is 0 Å². The molecule has 0 radical (unpaired) electrons. The molecule has 2 saturated heterocycles. The first-order chi connectivity index (χ1) is 19.7. The van der Waals surface area contributed by atoms with Gasteiger partial charge < -0.3 is 35.8 Å². The van der Waals surface area contributed by atoms with E-state index in [4.69, 9.17) is 10.7 Å². The van der Waals surface area contributed by atoms with Gasteiger partial charge in [-0.15, -0.1) is 4.62 Å². The number of carbonyl (C=O) groups excluding carboxylic acids is 1. The van der Waals surface area contributed by atoms with Crippen molar-refractivity contribution in [3.05, 3.63) is 35.5 Å². The molecule has 2 aromatic rings. The van der Waals surface area contributed by atoms with E-state index in [9.17, 15) is 19.4 Å². The molecule has 4 rings (SSSR count). The second-order valence-corrected chi connectivity index (χ2v) is 11.2. The summed E-state index contributed by atoms with van der Waals surface area (Å²) in [6, 6.07) is 9.75. The van der Waals surface area contributed by atoms with Crippen molar-refractivity contribution < 1.29 is 34.4 Å². The minimum Gasteiger partial charge on any atom is -0.752 e. The molecule has 0 saturated carbocycles. The number of carbonyl (C=O) groups is 1. The Bertz CT molecular complexity index is 1310. The second kappa shape index (κ2) is 13.8. The minimum atomic E-state index is -4.68. The number of amides is 1. The van der Waals surface area contributed by atoms with Crippen LogP contribution in [0.1, 0.15) is 48.2 Å². The fraction of sp³-hybridized carbons (Fsp3) is 0.480. The summed E-state index contributed by atoms with van der Waals surface area (Å²) in [6.45, 7) is 2.01. The van der Waals surface area contributed by atoms with E-state index in [-0.39, 0.29) is 23.2 Å². The number of nitrogens with one attached hydrogen (secondary N) is 3. The van der Waals surface area contributed by atoms with E-state index >= 15 is 0 Å². The van der Waals surface area contributed by atoms with Crippen molar-refractivity contribution in [1.29, 1.82) is 10.7 Å². The lowest BCUT2D eigenvalue weighted by atomic mass is 9.94. The highest BCUT2D eigenvalue weighted by molar-refractivity contribution is 7.45. The second-order valence-electron chi connectivity index (χ2n) is 9.82. The number of aliphatic hydroxyl groups is 1. The number of hydrogen-bond acceptors (Lipinski definition) is 13. The standard InChI is InChI=1S/C25H34N9O6P/c26-10-5-17-6-11-34(12-7-17)25-31-21(15-27)22(24(36)29-16-39-41(37,38)40-28)23(32-25)30-18-1-3-19(4-2-18)33-13-8-20(35)9-14-33/h1-4,15,17,20,27,35H,5-9,11-14,16H2,28H3,(H2-,29,30,31,32,36,37,38). The summed E-state index contributed by atoms with van der Waals surface area (Å²) in [6.07, 6.45) is 4.12. The summed E-state index contributed by atoms with van der Waals surface area (Å²) >= 11 is 0. The fourth-order valence-electron chi connectivity index (χ4n) is 4.81. The number of piperidine rings is 2. The molecule has 0 spiro atoms.